The highest BCUT2D eigenvalue weighted by molar-refractivity contribution is 7.89. The zero-order valence-electron chi connectivity index (χ0n) is 19.8. The van der Waals surface area contributed by atoms with Gasteiger partial charge < -0.3 is 14.2 Å². The molecule has 2 heterocycles. The number of methoxy groups -OCH3 is 1. The molecule has 3 aromatic rings. The Morgan fingerprint density at radius 3 is 2.40 bits per heavy atom. The number of hydrogen-bond acceptors (Lipinski definition) is 8. The van der Waals surface area contributed by atoms with E-state index in [1.807, 2.05) is 31.2 Å². The number of piperazine rings is 1. The first-order valence-electron chi connectivity index (χ1n) is 11.4. The topological polar surface area (TPSA) is 118 Å². The average Bonchev–Trinajstić information content (AvgIpc) is 3.33. The minimum Gasteiger partial charge on any atom is -0.497 e. The number of nitrogens with one attached hydrogen (secondary N) is 1. The van der Waals surface area contributed by atoms with Gasteiger partial charge >= 0.3 is 0 Å². The maximum Gasteiger partial charge on any atom is 0.241 e. The molecule has 0 saturated carbocycles. The van der Waals surface area contributed by atoms with Gasteiger partial charge in [0.25, 0.3) is 0 Å². The number of amides is 1. The SMILES string of the molecule is COc1ccc(S(=O)(=O)NCCC(=O)N2CCN(Cc3nc(-c4ccc(C)cc4)no3)CC2)cc1. The summed E-state index contributed by atoms with van der Waals surface area (Å²) >= 11 is 0. The van der Waals surface area contributed by atoms with Crippen molar-refractivity contribution in [1.29, 1.82) is 0 Å². The van der Waals surface area contributed by atoms with E-state index in [0.717, 1.165) is 5.56 Å². The van der Waals surface area contributed by atoms with E-state index >= 15 is 0 Å². The summed E-state index contributed by atoms with van der Waals surface area (Å²) in [5.41, 5.74) is 2.07. The average molecular weight is 500 g/mol. The number of nitrogens with zero attached hydrogens (tertiary/aromatic N) is 4. The van der Waals surface area contributed by atoms with Gasteiger partial charge in [0.15, 0.2) is 0 Å². The third-order valence-electron chi connectivity index (χ3n) is 5.86. The molecule has 0 spiro atoms. The largest absolute Gasteiger partial charge is 0.497 e. The Hall–Kier alpha value is -3.28. The fourth-order valence-electron chi connectivity index (χ4n) is 3.77. The normalized spacial score (nSPS) is 14.7. The number of carbonyl (C=O) groups is 1. The molecule has 0 radical (unpaired) electrons. The first kappa shape index (κ1) is 24.8. The number of aromatic nitrogens is 2. The van der Waals surface area contributed by atoms with Gasteiger partial charge in [-0.05, 0) is 31.2 Å². The third kappa shape index (κ3) is 6.44. The molecule has 1 saturated heterocycles. The van der Waals surface area contributed by atoms with Crippen LogP contribution in [0.2, 0.25) is 0 Å². The van der Waals surface area contributed by atoms with Gasteiger partial charge in [0, 0.05) is 44.7 Å². The van der Waals surface area contributed by atoms with Crippen LogP contribution >= 0.6 is 0 Å². The maximum absolute atomic E-state index is 12.6. The summed E-state index contributed by atoms with van der Waals surface area (Å²) in [6.07, 6.45) is 0.0962. The summed E-state index contributed by atoms with van der Waals surface area (Å²) in [4.78, 5) is 21.1. The molecule has 186 valence electrons. The molecule has 1 amide bonds. The number of benzene rings is 2. The van der Waals surface area contributed by atoms with E-state index in [2.05, 4.69) is 19.8 Å². The van der Waals surface area contributed by atoms with Crippen molar-refractivity contribution in [3.05, 3.63) is 60.0 Å². The summed E-state index contributed by atoms with van der Waals surface area (Å²) in [7, 11) is -2.17. The van der Waals surface area contributed by atoms with Gasteiger partial charge in [-0.3, -0.25) is 9.69 Å². The smallest absolute Gasteiger partial charge is 0.241 e. The molecular weight excluding hydrogens is 470 g/mol. The lowest BCUT2D eigenvalue weighted by Crippen LogP contribution is -2.48. The van der Waals surface area contributed by atoms with E-state index in [9.17, 15) is 13.2 Å². The van der Waals surface area contributed by atoms with Crippen LogP contribution in [0, 0.1) is 6.92 Å². The summed E-state index contributed by atoms with van der Waals surface area (Å²) in [6.45, 7) is 5.04. The van der Waals surface area contributed by atoms with Crippen molar-refractivity contribution in [3.63, 3.8) is 0 Å². The predicted molar refractivity (Wildman–Crippen MR) is 129 cm³/mol. The quantitative estimate of drug-likeness (QED) is 0.475. The zero-order chi connectivity index (χ0) is 24.8. The second kappa shape index (κ2) is 11.0. The molecule has 2 aromatic carbocycles. The molecule has 11 heteroatoms. The molecule has 35 heavy (non-hydrogen) atoms. The van der Waals surface area contributed by atoms with E-state index in [4.69, 9.17) is 9.26 Å². The van der Waals surface area contributed by atoms with E-state index in [1.165, 1.54) is 24.8 Å². The van der Waals surface area contributed by atoms with Crippen molar-refractivity contribution in [1.82, 2.24) is 24.7 Å². The maximum atomic E-state index is 12.6. The van der Waals surface area contributed by atoms with Crippen LogP contribution in [0.1, 0.15) is 17.9 Å². The van der Waals surface area contributed by atoms with Gasteiger partial charge in [-0.15, -0.1) is 0 Å². The predicted octanol–water partition coefficient (Wildman–Crippen LogP) is 2.07. The van der Waals surface area contributed by atoms with Gasteiger partial charge in [0.2, 0.25) is 27.6 Å². The molecule has 0 bridgehead atoms. The monoisotopic (exact) mass is 499 g/mol. The second-order valence-electron chi connectivity index (χ2n) is 8.36. The van der Waals surface area contributed by atoms with E-state index in [-0.39, 0.29) is 23.8 Å². The van der Waals surface area contributed by atoms with Crippen LogP contribution in [0.3, 0.4) is 0 Å². The molecular formula is C24H29N5O5S. The first-order valence-corrected chi connectivity index (χ1v) is 12.9. The number of aryl methyl sites for hydroxylation is 1. The standard InChI is InChI=1S/C24H29N5O5S/c1-18-3-5-19(6-4-18)24-26-22(34-27-24)17-28-13-15-29(16-14-28)23(30)11-12-25-35(31,32)21-9-7-20(33-2)8-10-21/h3-10,25H,11-17H2,1-2H3. The van der Waals surface area contributed by atoms with Crippen LogP contribution in [0.25, 0.3) is 11.4 Å². The number of hydrogen-bond donors (Lipinski definition) is 1. The Morgan fingerprint density at radius 1 is 1.06 bits per heavy atom. The van der Waals surface area contributed by atoms with E-state index in [1.54, 1.807) is 17.0 Å². The Labute approximate surface area is 204 Å². The van der Waals surface area contributed by atoms with Crippen molar-refractivity contribution in [2.24, 2.45) is 0 Å². The molecule has 1 N–H and O–H groups in total. The van der Waals surface area contributed by atoms with Gasteiger partial charge in [0.1, 0.15) is 5.75 Å². The molecule has 0 unspecified atom stereocenters. The van der Waals surface area contributed by atoms with Crippen molar-refractivity contribution in [2.45, 2.75) is 24.8 Å². The summed E-state index contributed by atoms with van der Waals surface area (Å²) < 4.78 is 37.8. The van der Waals surface area contributed by atoms with Crippen molar-refractivity contribution in [2.75, 3.05) is 39.8 Å². The number of ether oxygens (including phenoxy) is 1. The molecule has 1 aliphatic rings. The molecule has 0 atom stereocenters. The highest BCUT2D eigenvalue weighted by Gasteiger charge is 2.23. The number of carbonyl (C=O) groups excluding carboxylic acids is 1. The zero-order valence-corrected chi connectivity index (χ0v) is 20.6. The van der Waals surface area contributed by atoms with Gasteiger partial charge in [-0.25, -0.2) is 13.1 Å². The highest BCUT2D eigenvalue weighted by Crippen LogP contribution is 2.18. The van der Waals surface area contributed by atoms with Gasteiger partial charge in [-0.1, -0.05) is 35.0 Å². The molecule has 4 rings (SSSR count). The lowest BCUT2D eigenvalue weighted by molar-refractivity contribution is -0.132. The Bertz CT molecular complexity index is 1230. The third-order valence-corrected chi connectivity index (χ3v) is 7.34. The second-order valence-corrected chi connectivity index (χ2v) is 10.1. The Kier molecular flexibility index (Phi) is 7.79. The number of sulfonamides is 1. The summed E-state index contributed by atoms with van der Waals surface area (Å²) in [6, 6.07) is 14.0. The van der Waals surface area contributed by atoms with Crippen LogP contribution in [-0.2, 0) is 21.4 Å². The fourth-order valence-corrected chi connectivity index (χ4v) is 4.81. The van der Waals surface area contributed by atoms with E-state index in [0.29, 0.717) is 50.2 Å². The van der Waals surface area contributed by atoms with Crippen LogP contribution < -0.4 is 9.46 Å². The van der Waals surface area contributed by atoms with Gasteiger partial charge in [-0.2, -0.15) is 4.98 Å². The van der Waals surface area contributed by atoms with Crippen molar-refractivity contribution >= 4 is 15.9 Å². The first-order chi connectivity index (χ1) is 16.8. The summed E-state index contributed by atoms with van der Waals surface area (Å²) in [5, 5.41) is 4.07. The van der Waals surface area contributed by atoms with Crippen molar-refractivity contribution in [3.8, 4) is 17.1 Å². The minimum absolute atomic E-state index is 0.0389. The van der Waals surface area contributed by atoms with Crippen LogP contribution in [0.15, 0.2) is 57.9 Å². The highest BCUT2D eigenvalue weighted by atomic mass is 32.2. The van der Waals surface area contributed by atoms with Crippen LogP contribution in [0.5, 0.6) is 5.75 Å². The fraction of sp³-hybridized carbons (Fsp3) is 0.375. The Morgan fingerprint density at radius 2 is 1.74 bits per heavy atom. The minimum atomic E-state index is -3.68. The lowest BCUT2D eigenvalue weighted by Gasteiger charge is -2.34. The van der Waals surface area contributed by atoms with Gasteiger partial charge in [0.05, 0.1) is 18.6 Å². The molecule has 1 aliphatic heterocycles. The molecule has 0 aliphatic carbocycles. The van der Waals surface area contributed by atoms with Crippen LogP contribution in [0.4, 0.5) is 0 Å². The molecule has 1 aromatic heterocycles. The molecule has 10 nitrogen and oxygen atoms in total. The van der Waals surface area contributed by atoms with Crippen molar-refractivity contribution < 1.29 is 22.5 Å². The Balaban J connectivity index is 1.21. The lowest BCUT2D eigenvalue weighted by atomic mass is 10.1. The summed E-state index contributed by atoms with van der Waals surface area (Å²) in [5.74, 6) is 1.59. The number of rotatable bonds is 9. The van der Waals surface area contributed by atoms with E-state index < -0.39 is 10.0 Å². The molecule has 1 fully saturated rings. The van der Waals surface area contributed by atoms with Crippen LogP contribution in [-0.4, -0.2) is 74.1 Å².